The van der Waals surface area contributed by atoms with E-state index >= 15 is 0 Å². The molecule has 0 saturated heterocycles. The molecule has 1 N–H and O–H groups in total. The maximum absolute atomic E-state index is 14.4. The van der Waals surface area contributed by atoms with E-state index in [1.54, 1.807) is 25.1 Å². The maximum Gasteiger partial charge on any atom is 0.244 e. The third-order valence-corrected chi connectivity index (χ3v) is 6.68. The summed E-state index contributed by atoms with van der Waals surface area (Å²) in [5, 5.41) is 2.74. The molecular weight excluding hydrogens is 457 g/mol. The van der Waals surface area contributed by atoms with E-state index in [1.807, 2.05) is 32.9 Å². The minimum atomic E-state index is -3.81. The number of anilines is 1. The van der Waals surface area contributed by atoms with Gasteiger partial charge in [-0.05, 0) is 43.0 Å². The molecule has 0 bridgehead atoms. The Hall–Kier alpha value is -2.94. The van der Waals surface area contributed by atoms with Crippen molar-refractivity contribution < 1.29 is 22.4 Å². The van der Waals surface area contributed by atoms with Gasteiger partial charge in [-0.1, -0.05) is 51.1 Å². The molecule has 0 aliphatic heterocycles. The van der Waals surface area contributed by atoms with E-state index in [4.69, 9.17) is 0 Å². The number of carbonyl (C=O) groups is 2. The van der Waals surface area contributed by atoms with Crippen LogP contribution in [0.15, 0.2) is 48.5 Å². The van der Waals surface area contributed by atoms with E-state index in [0.29, 0.717) is 18.7 Å². The first-order valence-electron chi connectivity index (χ1n) is 11.3. The molecule has 9 heteroatoms. The highest BCUT2D eigenvalue weighted by molar-refractivity contribution is 7.92. The average Bonchev–Trinajstić information content (AvgIpc) is 2.79. The molecule has 0 unspecified atom stereocenters. The lowest BCUT2D eigenvalue weighted by atomic mass is 10.0. The van der Waals surface area contributed by atoms with Crippen molar-refractivity contribution in [3.8, 4) is 0 Å². The molecule has 0 aliphatic carbocycles. The number of nitrogens with zero attached hydrogens (tertiary/aromatic N) is 2. The Morgan fingerprint density at radius 1 is 1.03 bits per heavy atom. The Morgan fingerprint density at radius 3 is 2.18 bits per heavy atom. The number of hydrogen-bond donors (Lipinski definition) is 1. The molecule has 2 aromatic rings. The van der Waals surface area contributed by atoms with Gasteiger partial charge in [0.05, 0.1) is 11.9 Å². The lowest BCUT2D eigenvalue weighted by molar-refractivity contribution is -0.139. The quantitative estimate of drug-likeness (QED) is 0.520. The van der Waals surface area contributed by atoms with Crippen molar-refractivity contribution in [1.29, 1.82) is 0 Å². The van der Waals surface area contributed by atoms with E-state index < -0.39 is 40.2 Å². The number of carbonyl (C=O) groups excluding carboxylic acids is 2. The molecule has 2 rings (SSSR count). The summed E-state index contributed by atoms with van der Waals surface area (Å²) >= 11 is 0. The fourth-order valence-electron chi connectivity index (χ4n) is 3.43. The van der Waals surface area contributed by atoms with Gasteiger partial charge in [0.15, 0.2) is 0 Å². The highest BCUT2D eigenvalue weighted by Crippen LogP contribution is 2.23. The monoisotopic (exact) mass is 491 g/mol. The van der Waals surface area contributed by atoms with Crippen LogP contribution in [0.1, 0.15) is 51.2 Å². The third kappa shape index (κ3) is 7.28. The van der Waals surface area contributed by atoms with Crippen molar-refractivity contribution in [3.63, 3.8) is 0 Å². The number of sulfonamides is 1. The predicted molar refractivity (Wildman–Crippen MR) is 132 cm³/mol. The van der Waals surface area contributed by atoms with Crippen molar-refractivity contribution in [3.05, 3.63) is 65.5 Å². The Bertz CT molecular complexity index is 1090. The van der Waals surface area contributed by atoms with Crippen molar-refractivity contribution >= 4 is 27.5 Å². The number of halogens is 1. The second kappa shape index (κ2) is 12.0. The number of amides is 2. The molecule has 0 aromatic heterocycles. The van der Waals surface area contributed by atoms with Crippen LogP contribution in [0, 0.1) is 5.82 Å². The molecule has 0 heterocycles. The van der Waals surface area contributed by atoms with Crippen molar-refractivity contribution in [2.24, 2.45) is 0 Å². The van der Waals surface area contributed by atoms with Crippen LogP contribution in [0.2, 0.25) is 0 Å². The first-order valence-corrected chi connectivity index (χ1v) is 13.2. The lowest BCUT2D eigenvalue weighted by Gasteiger charge is -2.31. The topological polar surface area (TPSA) is 86.8 Å². The van der Waals surface area contributed by atoms with E-state index in [0.717, 1.165) is 16.1 Å². The summed E-state index contributed by atoms with van der Waals surface area (Å²) in [7, 11) is -3.81. The highest BCUT2D eigenvalue weighted by Gasteiger charge is 2.30. The van der Waals surface area contributed by atoms with E-state index in [-0.39, 0.29) is 18.0 Å². The SMILES string of the molecule is CCCNC(=O)[C@@H](C)N(Cc1ccccc1F)C(=O)CN(c1ccc(C(C)C)cc1)S(C)(=O)=O. The second-order valence-corrected chi connectivity index (χ2v) is 10.5. The average molecular weight is 492 g/mol. The van der Waals surface area contributed by atoms with Crippen LogP contribution in [0.4, 0.5) is 10.1 Å². The van der Waals surface area contributed by atoms with E-state index in [9.17, 15) is 22.4 Å². The summed E-state index contributed by atoms with van der Waals surface area (Å²) in [4.78, 5) is 27.3. The molecule has 0 fully saturated rings. The zero-order valence-electron chi connectivity index (χ0n) is 20.4. The Morgan fingerprint density at radius 2 is 1.65 bits per heavy atom. The molecule has 2 aromatic carbocycles. The van der Waals surface area contributed by atoms with Crippen LogP contribution < -0.4 is 9.62 Å². The summed E-state index contributed by atoms with van der Waals surface area (Å²) in [6, 6.07) is 12.0. The molecule has 0 radical (unpaired) electrons. The summed E-state index contributed by atoms with van der Waals surface area (Å²) in [6.45, 7) is 7.25. The zero-order chi connectivity index (χ0) is 25.5. The van der Waals surface area contributed by atoms with Gasteiger partial charge in [0, 0.05) is 18.7 Å². The molecule has 0 aliphatic rings. The molecule has 0 spiro atoms. The van der Waals surface area contributed by atoms with Crippen LogP contribution in [0.3, 0.4) is 0 Å². The molecule has 1 atom stereocenters. The van der Waals surface area contributed by atoms with Crippen LogP contribution >= 0.6 is 0 Å². The van der Waals surface area contributed by atoms with Gasteiger partial charge in [-0.3, -0.25) is 13.9 Å². The number of rotatable bonds is 11. The molecule has 186 valence electrons. The smallest absolute Gasteiger partial charge is 0.244 e. The Labute approximate surface area is 202 Å². The van der Waals surface area contributed by atoms with Crippen molar-refractivity contribution in [2.45, 2.75) is 52.6 Å². The summed E-state index contributed by atoms with van der Waals surface area (Å²) in [5.74, 6) is -1.24. The van der Waals surface area contributed by atoms with Gasteiger partial charge in [0.1, 0.15) is 18.4 Å². The first kappa shape index (κ1) is 27.3. The molecule has 0 saturated carbocycles. The molecular formula is C25H34FN3O4S. The maximum atomic E-state index is 14.4. The standard InChI is InChI=1S/C25H34FN3O4S/c1-6-15-27-25(31)19(4)28(16-21-9-7-8-10-23(21)26)24(30)17-29(34(5,32)33)22-13-11-20(12-14-22)18(2)3/h7-14,18-19H,6,15-17H2,1-5H3,(H,27,31)/t19-/m1/s1. The number of nitrogens with one attached hydrogen (secondary N) is 1. The fourth-order valence-corrected chi connectivity index (χ4v) is 4.28. The summed E-state index contributed by atoms with van der Waals surface area (Å²) in [5.41, 5.74) is 1.61. The Kier molecular flexibility index (Phi) is 9.61. The Balaban J connectivity index is 2.38. The van der Waals surface area contributed by atoms with Gasteiger partial charge >= 0.3 is 0 Å². The van der Waals surface area contributed by atoms with Gasteiger partial charge in [0.2, 0.25) is 21.8 Å². The predicted octanol–water partition coefficient (Wildman–Crippen LogP) is 3.66. The van der Waals surface area contributed by atoms with Crippen molar-refractivity contribution in [1.82, 2.24) is 10.2 Å². The van der Waals surface area contributed by atoms with E-state index in [1.165, 1.54) is 23.1 Å². The van der Waals surface area contributed by atoms with Gasteiger partial charge < -0.3 is 10.2 Å². The minimum Gasteiger partial charge on any atom is -0.354 e. The van der Waals surface area contributed by atoms with Crippen LogP contribution in [-0.2, 0) is 26.2 Å². The minimum absolute atomic E-state index is 0.171. The third-order valence-electron chi connectivity index (χ3n) is 5.54. The molecule has 34 heavy (non-hydrogen) atoms. The molecule has 2 amide bonds. The summed E-state index contributed by atoms with van der Waals surface area (Å²) < 4.78 is 40.5. The molecule has 7 nitrogen and oxygen atoms in total. The first-order chi connectivity index (χ1) is 16.0. The zero-order valence-corrected chi connectivity index (χ0v) is 21.2. The normalized spacial score (nSPS) is 12.3. The van der Waals surface area contributed by atoms with Crippen LogP contribution in [0.25, 0.3) is 0 Å². The van der Waals surface area contributed by atoms with Gasteiger partial charge in [-0.2, -0.15) is 0 Å². The number of benzene rings is 2. The van der Waals surface area contributed by atoms with Gasteiger partial charge in [0.25, 0.3) is 0 Å². The van der Waals surface area contributed by atoms with Crippen LogP contribution in [0.5, 0.6) is 0 Å². The van der Waals surface area contributed by atoms with Crippen molar-refractivity contribution in [2.75, 3.05) is 23.7 Å². The highest BCUT2D eigenvalue weighted by atomic mass is 32.2. The van der Waals surface area contributed by atoms with Crippen LogP contribution in [-0.4, -0.2) is 50.5 Å². The summed E-state index contributed by atoms with van der Waals surface area (Å²) in [6.07, 6.45) is 1.74. The second-order valence-electron chi connectivity index (χ2n) is 8.60. The number of hydrogen-bond acceptors (Lipinski definition) is 4. The lowest BCUT2D eigenvalue weighted by Crippen LogP contribution is -2.51. The van der Waals surface area contributed by atoms with Gasteiger partial charge in [-0.25, -0.2) is 12.8 Å². The van der Waals surface area contributed by atoms with E-state index in [2.05, 4.69) is 5.32 Å². The van der Waals surface area contributed by atoms with Gasteiger partial charge in [-0.15, -0.1) is 0 Å². The largest absolute Gasteiger partial charge is 0.354 e. The fraction of sp³-hybridized carbons (Fsp3) is 0.440.